The van der Waals surface area contributed by atoms with Gasteiger partial charge in [0.15, 0.2) is 5.78 Å². The molecule has 0 amide bonds. The van der Waals surface area contributed by atoms with Crippen molar-refractivity contribution in [2.24, 2.45) is 0 Å². The van der Waals surface area contributed by atoms with Gasteiger partial charge < -0.3 is 0 Å². The van der Waals surface area contributed by atoms with Gasteiger partial charge in [-0.2, -0.15) is 0 Å². The van der Waals surface area contributed by atoms with Crippen molar-refractivity contribution < 1.29 is 4.79 Å². The minimum Gasteiger partial charge on any atom is -0.289 e. The summed E-state index contributed by atoms with van der Waals surface area (Å²) in [7, 11) is 0. The number of halogens is 1. The van der Waals surface area contributed by atoms with E-state index in [2.05, 4.69) is 41.9 Å². The van der Waals surface area contributed by atoms with Crippen molar-refractivity contribution in [2.45, 2.75) is 19.8 Å². The van der Waals surface area contributed by atoms with E-state index < -0.39 is 0 Å². The molecule has 102 valence electrons. The predicted octanol–water partition coefficient (Wildman–Crippen LogP) is 5.47. The molecule has 0 saturated heterocycles. The summed E-state index contributed by atoms with van der Waals surface area (Å²) >= 11 is 3.37. The Morgan fingerprint density at radius 3 is 2.40 bits per heavy atom. The summed E-state index contributed by atoms with van der Waals surface area (Å²) in [4.78, 5) is 12.0. The van der Waals surface area contributed by atoms with E-state index in [0.29, 0.717) is 11.5 Å². The molecule has 0 fully saturated rings. The van der Waals surface area contributed by atoms with E-state index in [1.807, 2.05) is 42.5 Å². The zero-order chi connectivity index (χ0) is 14.5. The van der Waals surface area contributed by atoms with Gasteiger partial charge in [0, 0.05) is 10.0 Å². The zero-order valence-electron chi connectivity index (χ0n) is 11.6. The van der Waals surface area contributed by atoms with Crippen LogP contribution in [0.25, 0.3) is 6.08 Å². The second-order valence-corrected chi connectivity index (χ2v) is 5.94. The minimum absolute atomic E-state index is 0.0132. The summed E-state index contributed by atoms with van der Waals surface area (Å²) in [6, 6.07) is 15.7. The topological polar surface area (TPSA) is 17.1 Å². The molecule has 2 aromatic rings. The highest BCUT2D eigenvalue weighted by Crippen LogP contribution is 2.16. The molecule has 0 N–H and O–H groups in total. The lowest BCUT2D eigenvalue weighted by atomic mass is 10.0. The van der Waals surface area contributed by atoms with Crippen LogP contribution in [0.5, 0.6) is 0 Å². The Hall–Kier alpha value is -1.67. The molecule has 0 radical (unpaired) electrons. The smallest absolute Gasteiger partial charge is 0.185 e. The summed E-state index contributed by atoms with van der Waals surface area (Å²) in [5.41, 5.74) is 3.03. The molecule has 0 saturated carbocycles. The molecule has 1 nitrogen and oxygen atoms in total. The van der Waals surface area contributed by atoms with Crippen LogP contribution in [0.3, 0.4) is 0 Å². The van der Waals surface area contributed by atoms with E-state index in [1.165, 1.54) is 5.56 Å². The quantitative estimate of drug-likeness (QED) is 0.537. The number of allylic oxidation sites excluding steroid dienone is 1. The Bertz CT molecular complexity index is 624. The Kier molecular flexibility index (Phi) is 4.91. The van der Waals surface area contributed by atoms with E-state index in [4.69, 9.17) is 0 Å². The number of hydrogen-bond donors (Lipinski definition) is 0. The van der Waals surface area contributed by atoms with E-state index >= 15 is 0 Å². The average Bonchev–Trinajstić information content (AvgIpc) is 2.45. The normalized spacial score (nSPS) is 11.2. The van der Waals surface area contributed by atoms with Crippen LogP contribution in [0.1, 0.15) is 41.3 Å². The highest BCUT2D eigenvalue weighted by Gasteiger charge is 2.02. The molecule has 0 atom stereocenters. The molecule has 2 aromatic carbocycles. The molecule has 0 spiro atoms. The molecule has 0 bridgehead atoms. The average molecular weight is 329 g/mol. The van der Waals surface area contributed by atoms with Crippen LogP contribution in [-0.2, 0) is 0 Å². The maximum atomic E-state index is 12.0. The molecule has 0 unspecified atom stereocenters. The fourth-order valence-corrected chi connectivity index (χ4v) is 2.30. The first-order valence-electron chi connectivity index (χ1n) is 6.64. The minimum atomic E-state index is 0.0132. The third-order valence-corrected chi connectivity index (χ3v) is 3.63. The Morgan fingerprint density at radius 1 is 1.10 bits per heavy atom. The van der Waals surface area contributed by atoms with Gasteiger partial charge >= 0.3 is 0 Å². The van der Waals surface area contributed by atoms with Crippen LogP contribution in [0.15, 0.2) is 59.1 Å². The van der Waals surface area contributed by atoms with Crippen LogP contribution in [0.2, 0.25) is 0 Å². The largest absolute Gasteiger partial charge is 0.289 e. The van der Waals surface area contributed by atoms with Crippen molar-refractivity contribution >= 4 is 27.8 Å². The van der Waals surface area contributed by atoms with E-state index in [-0.39, 0.29) is 5.78 Å². The summed E-state index contributed by atoms with van der Waals surface area (Å²) in [5.74, 6) is 0.538. The van der Waals surface area contributed by atoms with E-state index in [1.54, 1.807) is 6.08 Å². The van der Waals surface area contributed by atoms with Gasteiger partial charge in [0.2, 0.25) is 0 Å². The fourth-order valence-electron chi connectivity index (χ4n) is 1.90. The molecule has 0 aromatic heterocycles. The molecular weight excluding hydrogens is 312 g/mol. The van der Waals surface area contributed by atoms with Crippen LogP contribution >= 0.6 is 15.9 Å². The maximum absolute atomic E-state index is 12.0. The monoisotopic (exact) mass is 328 g/mol. The molecule has 2 heteroatoms. The molecule has 0 aliphatic heterocycles. The van der Waals surface area contributed by atoms with Crippen LogP contribution in [0, 0.1) is 0 Å². The lowest BCUT2D eigenvalue weighted by molar-refractivity contribution is 0.104. The van der Waals surface area contributed by atoms with Crippen molar-refractivity contribution in [1.29, 1.82) is 0 Å². The number of rotatable bonds is 4. The molecular formula is C18H17BrO. The van der Waals surface area contributed by atoms with Crippen molar-refractivity contribution in [3.05, 3.63) is 75.8 Å². The van der Waals surface area contributed by atoms with Gasteiger partial charge in [0.05, 0.1) is 0 Å². The number of hydrogen-bond acceptors (Lipinski definition) is 1. The van der Waals surface area contributed by atoms with Crippen molar-refractivity contribution in [3.63, 3.8) is 0 Å². The van der Waals surface area contributed by atoms with Gasteiger partial charge in [-0.3, -0.25) is 4.79 Å². The number of carbonyl (C=O) groups is 1. The Balaban J connectivity index is 2.11. The first kappa shape index (κ1) is 14.7. The Morgan fingerprint density at radius 2 is 1.80 bits per heavy atom. The third kappa shape index (κ3) is 3.91. The van der Waals surface area contributed by atoms with Crippen molar-refractivity contribution in [2.75, 3.05) is 0 Å². The van der Waals surface area contributed by atoms with Crippen LogP contribution in [0.4, 0.5) is 0 Å². The molecule has 0 aliphatic rings. The SMILES string of the molecule is CC(C)c1ccc(C=CC(=O)c2cccc(Br)c2)cc1. The number of carbonyl (C=O) groups excluding carboxylic acids is 1. The standard InChI is InChI=1S/C18H17BrO/c1-13(2)15-9-6-14(7-10-15)8-11-18(20)16-4-3-5-17(19)12-16/h3-13H,1-2H3. The molecule has 20 heavy (non-hydrogen) atoms. The van der Waals surface area contributed by atoms with Crippen LogP contribution in [-0.4, -0.2) is 5.78 Å². The fraction of sp³-hybridized carbons (Fsp3) is 0.167. The van der Waals surface area contributed by atoms with Gasteiger partial charge in [-0.25, -0.2) is 0 Å². The summed E-state index contributed by atoms with van der Waals surface area (Å²) in [6.07, 6.45) is 3.47. The summed E-state index contributed by atoms with van der Waals surface area (Å²) in [6.45, 7) is 4.34. The predicted molar refractivity (Wildman–Crippen MR) is 88.0 cm³/mol. The van der Waals surface area contributed by atoms with E-state index in [9.17, 15) is 4.79 Å². The zero-order valence-corrected chi connectivity index (χ0v) is 13.2. The first-order chi connectivity index (χ1) is 9.56. The van der Waals surface area contributed by atoms with Gasteiger partial charge in [0.25, 0.3) is 0 Å². The highest BCUT2D eigenvalue weighted by molar-refractivity contribution is 9.10. The highest BCUT2D eigenvalue weighted by atomic mass is 79.9. The van der Waals surface area contributed by atoms with Crippen molar-refractivity contribution in [1.82, 2.24) is 0 Å². The lowest BCUT2D eigenvalue weighted by Crippen LogP contribution is -1.93. The second kappa shape index (κ2) is 6.67. The van der Waals surface area contributed by atoms with Crippen molar-refractivity contribution in [3.8, 4) is 0 Å². The maximum Gasteiger partial charge on any atom is 0.185 e. The number of ketones is 1. The van der Waals surface area contributed by atoms with Gasteiger partial charge in [-0.05, 0) is 35.3 Å². The lowest BCUT2D eigenvalue weighted by Gasteiger charge is -2.04. The molecule has 0 aliphatic carbocycles. The van der Waals surface area contributed by atoms with Gasteiger partial charge in [-0.1, -0.05) is 72.3 Å². The third-order valence-electron chi connectivity index (χ3n) is 3.14. The first-order valence-corrected chi connectivity index (χ1v) is 7.43. The number of benzene rings is 2. The Labute approximate surface area is 128 Å². The van der Waals surface area contributed by atoms with Gasteiger partial charge in [0.1, 0.15) is 0 Å². The van der Waals surface area contributed by atoms with Crippen LogP contribution < -0.4 is 0 Å². The van der Waals surface area contributed by atoms with Gasteiger partial charge in [-0.15, -0.1) is 0 Å². The van der Waals surface area contributed by atoms with E-state index in [0.717, 1.165) is 10.0 Å². The molecule has 0 heterocycles. The molecule has 2 rings (SSSR count). The second-order valence-electron chi connectivity index (χ2n) is 5.03. The summed E-state index contributed by atoms with van der Waals surface area (Å²) in [5, 5.41) is 0. The summed E-state index contributed by atoms with van der Waals surface area (Å²) < 4.78 is 0.915.